The maximum absolute atomic E-state index is 12.9. The van der Waals surface area contributed by atoms with Crippen LogP contribution in [-0.4, -0.2) is 18.7 Å². The van der Waals surface area contributed by atoms with Crippen molar-refractivity contribution in [3.05, 3.63) is 29.3 Å². The molecule has 1 amide bonds. The van der Waals surface area contributed by atoms with Crippen LogP contribution in [0.3, 0.4) is 0 Å². The summed E-state index contributed by atoms with van der Waals surface area (Å²) in [5.41, 5.74) is 6.02. The van der Waals surface area contributed by atoms with E-state index in [0.29, 0.717) is 30.5 Å². The lowest BCUT2D eigenvalue weighted by molar-refractivity contribution is -0.137. The van der Waals surface area contributed by atoms with Crippen LogP contribution in [0.5, 0.6) is 0 Å². The highest BCUT2D eigenvalue weighted by Gasteiger charge is 2.37. The Morgan fingerprint density at radius 1 is 1.39 bits per heavy atom. The lowest BCUT2D eigenvalue weighted by Gasteiger charge is -2.39. The van der Waals surface area contributed by atoms with Crippen LogP contribution in [0.4, 0.5) is 23.7 Å². The molecule has 0 aromatic heterocycles. The van der Waals surface area contributed by atoms with E-state index in [4.69, 9.17) is 10.5 Å². The number of benzene rings is 1. The molecule has 1 aromatic rings. The van der Waals surface area contributed by atoms with Gasteiger partial charge in [-0.1, -0.05) is 13.8 Å². The Balaban J connectivity index is 2.44. The fourth-order valence-corrected chi connectivity index (χ4v) is 2.82. The van der Waals surface area contributed by atoms with E-state index >= 15 is 0 Å². The predicted octanol–water partition coefficient (Wildman–Crippen LogP) is 4.24. The van der Waals surface area contributed by atoms with E-state index in [1.165, 1.54) is 11.0 Å². The normalized spacial score (nSPS) is 21.0. The lowest BCUT2D eigenvalue weighted by Crippen LogP contribution is -2.46. The second kappa shape index (κ2) is 6.78. The Bertz CT molecular complexity index is 575. The number of fused-ring (bicyclic) bond motifs is 1. The minimum Gasteiger partial charge on any atom is -0.449 e. The SMILES string of the molecule is CCCOC(=O)N1c2ccc(C(F)(F)F)cc2C(N)CC1CC. The fourth-order valence-electron chi connectivity index (χ4n) is 2.82. The zero-order valence-corrected chi connectivity index (χ0v) is 13.2. The highest BCUT2D eigenvalue weighted by molar-refractivity contribution is 5.90. The number of rotatable bonds is 3. The van der Waals surface area contributed by atoms with Gasteiger partial charge in [0, 0.05) is 12.1 Å². The van der Waals surface area contributed by atoms with Gasteiger partial charge in [-0.15, -0.1) is 0 Å². The van der Waals surface area contributed by atoms with Crippen LogP contribution in [0.1, 0.15) is 50.3 Å². The summed E-state index contributed by atoms with van der Waals surface area (Å²) < 4.78 is 43.9. The molecule has 0 saturated carbocycles. The van der Waals surface area contributed by atoms with Crippen molar-refractivity contribution in [3.8, 4) is 0 Å². The number of anilines is 1. The van der Waals surface area contributed by atoms with Crippen LogP contribution < -0.4 is 10.6 Å². The van der Waals surface area contributed by atoms with Gasteiger partial charge in [-0.25, -0.2) is 4.79 Å². The quantitative estimate of drug-likeness (QED) is 0.902. The number of carbonyl (C=O) groups excluding carboxylic acids is 1. The predicted molar refractivity (Wildman–Crippen MR) is 81.2 cm³/mol. The third kappa shape index (κ3) is 3.60. The summed E-state index contributed by atoms with van der Waals surface area (Å²) in [6.45, 7) is 4.06. The van der Waals surface area contributed by atoms with E-state index in [1.54, 1.807) is 0 Å². The molecular formula is C16H21F3N2O2. The largest absolute Gasteiger partial charge is 0.449 e. The van der Waals surface area contributed by atoms with E-state index < -0.39 is 23.9 Å². The van der Waals surface area contributed by atoms with Gasteiger partial charge < -0.3 is 10.5 Å². The third-order valence-electron chi connectivity index (χ3n) is 4.00. The molecule has 128 valence electrons. The highest BCUT2D eigenvalue weighted by Crippen LogP contribution is 2.40. The minimum atomic E-state index is -4.44. The number of alkyl halides is 3. The molecule has 1 aliphatic rings. The number of nitrogens with two attached hydrogens (primary N) is 1. The first-order chi connectivity index (χ1) is 10.8. The zero-order chi connectivity index (χ0) is 17.2. The monoisotopic (exact) mass is 330 g/mol. The lowest BCUT2D eigenvalue weighted by atomic mass is 9.89. The molecule has 1 heterocycles. The molecule has 0 saturated heterocycles. The van der Waals surface area contributed by atoms with E-state index in [2.05, 4.69) is 0 Å². The van der Waals surface area contributed by atoms with Gasteiger partial charge in [-0.05, 0) is 43.0 Å². The van der Waals surface area contributed by atoms with Crippen molar-refractivity contribution in [1.29, 1.82) is 0 Å². The molecule has 23 heavy (non-hydrogen) atoms. The molecule has 0 radical (unpaired) electrons. The Morgan fingerprint density at radius 3 is 2.65 bits per heavy atom. The van der Waals surface area contributed by atoms with Gasteiger partial charge in [-0.3, -0.25) is 4.90 Å². The molecule has 2 unspecified atom stereocenters. The van der Waals surface area contributed by atoms with E-state index in [1.807, 2.05) is 13.8 Å². The van der Waals surface area contributed by atoms with Crippen molar-refractivity contribution in [2.75, 3.05) is 11.5 Å². The molecule has 0 fully saturated rings. The number of hydrogen-bond donors (Lipinski definition) is 1. The van der Waals surface area contributed by atoms with Crippen LogP contribution >= 0.6 is 0 Å². The van der Waals surface area contributed by atoms with Gasteiger partial charge in [0.05, 0.1) is 17.9 Å². The van der Waals surface area contributed by atoms with Gasteiger partial charge in [0.15, 0.2) is 0 Å². The summed E-state index contributed by atoms with van der Waals surface area (Å²) >= 11 is 0. The van der Waals surface area contributed by atoms with Gasteiger partial charge >= 0.3 is 12.3 Å². The number of carbonyl (C=O) groups is 1. The Labute approximate surface area is 133 Å². The number of nitrogens with zero attached hydrogens (tertiary/aromatic N) is 1. The topological polar surface area (TPSA) is 55.6 Å². The van der Waals surface area contributed by atoms with Crippen molar-refractivity contribution in [3.63, 3.8) is 0 Å². The summed E-state index contributed by atoms with van der Waals surface area (Å²) in [5.74, 6) is 0. The number of amides is 1. The van der Waals surface area contributed by atoms with E-state index in [9.17, 15) is 18.0 Å². The van der Waals surface area contributed by atoms with Crippen LogP contribution in [0.15, 0.2) is 18.2 Å². The Hall–Kier alpha value is -1.76. The number of ether oxygens (including phenoxy) is 1. The highest BCUT2D eigenvalue weighted by atomic mass is 19.4. The molecule has 1 aliphatic heterocycles. The Kier molecular flexibility index (Phi) is 5.19. The Morgan fingerprint density at radius 2 is 2.09 bits per heavy atom. The van der Waals surface area contributed by atoms with Gasteiger partial charge in [0.25, 0.3) is 0 Å². The van der Waals surface area contributed by atoms with Crippen LogP contribution in [0.25, 0.3) is 0 Å². The molecular weight excluding hydrogens is 309 g/mol. The van der Waals surface area contributed by atoms with Gasteiger partial charge in [0.1, 0.15) is 0 Å². The smallest absolute Gasteiger partial charge is 0.416 e. The zero-order valence-electron chi connectivity index (χ0n) is 13.2. The van der Waals surface area contributed by atoms with Gasteiger partial charge in [0.2, 0.25) is 0 Å². The molecule has 4 nitrogen and oxygen atoms in total. The molecule has 2 N–H and O–H groups in total. The number of hydrogen-bond acceptors (Lipinski definition) is 3. The van der Waals surface area contributed by atoms with Crippen molar-refractivity contribution in [1.82, 2.24) is 0 Å². The fraction of sp³-hybridized carbons (Fsp3) is 0.562. The van der Waals surface area contributed by atoms with Crippen molar-refractivity contribution < 1.29 is 22.7 Å². The molecule has 0 spiro atoms. The molecule has 2 rings (SSSR count). The first kappa shape index (κ1) is 17.6. The molecule has 2 atom stereocenters. The van der Waals surface area contributed by atoms with E-state index in [0.717, 1.165) is 12.1 Å². The molecule has 1 aromatic carbocycles. The summed E-state index contributed by atoms with van der Waals surface area (Å²) in [6, 6.07) is 2.61. The maximum Gasteiger partial charge on any atom is 0.416 e. The minimum absolute atomic E-state index is 0.182. The van der Waals surface area contributed by atoms with Crippen molar-refractivity contribution in [2.24, 2.45) is 5.73 Å². The first-order valence-corrected chi connectivity index (χ1v) is 7.72. The average Bonchev–Trinajstić information content (AvgIpc) is 2.51. The number of halogens is 3. The van der Waals surface area contributed by atoms with Gasteiger partial charge in [-0.2, -0.15) is 13.2 Å². The van der Waals surface area contributed by atoms with Crippen molar-refractivity contribution >= 4 is 11.8 Å². The second-order valence-corrected chi connectivity index (χ2v) is 5.66. The van der Waals surface area contributed by atoms with Crippen LogP contribution in [-0.2, 0) is 10.9 Å². The first-order valence-electron chi connectivity index (χ1n) is 7.72. The second-order valence-electron chi connectivity index (χ2n) is 5.66. The standard InChI is InChI=1S/C16H21F3N2O2/c1-3-7-23-15(22)21-11(4-2)9-13(20)12-8-10(16(17,18)19)5-6-14(12)21/h5-6,8,11,13H,3-4,7,9,20H2,1-2H3. The van der Waals surface area contributed by atoms with E-state index in [-0.39, 0.29) is 12.6 Å². The summed E-state index contributed by atoms with van der Waals surface area (Å²) in [5, 5.41) is 0. The molecule has 0 bridgehead atoms. The summed E-state index contributed by atoms with van der Waals surface area (Å²) in [4.78, 5) is 13.8. The van der Waals surface area contributed by atoms with Crippen LogP contribution in [0, 0.1) is 0 Å². The third-order valence-corrected chi connectivity index (χ3v) is 4.00. The average molecular weight is 330 g/mol. The summed E-state index contributed by atoms with van der Waals surface area (Å²) in [6.07, 6.45) is -3.24. The van der Waals surface area contributed by atoms with Crippen LogP contribution in [0.2, 0.25) is 0 Å². The van der Waals surface area contributed by atoms with Crippen molar-refractivity contribution in [2.45, 2.75) is 51.4 Å². The molecule has 7 heteroatoms. The summed E-state index contributed by atoms with van der Waals surface area (Å²) in [7, 11) is 0. The molecule has 0 aliphatic carbocycles. The maximum atomic E-state index is 12.9.